The summed E-state index contributed by atoms with van der Waals surface area (Å²) in [6, 6.07) is 9.46. The van der Waals surface area contributed by atoms with Gasteiger partial charge in [0.25, 0.3) is 0 Å². The maximum atomic E-state index is 13.9. The molecule has 2 aromatic rings. The molecule has 1 aliphatic heterocycles. The summed E-state index contributed by atoms with van der Waals surface area (Å²) in [5.41, 5.74) is 1.27. The molecule has 3 atom stereocenters. The third-order valence-electron chi connectivity index (χ3n) is 7.32. The van der Waals surface area contributed by atoms with E-state index in [2.05, 4.69) is 10.6 Å². The van der Waals surface area contributed by atoms with Crippen molar-refractivity contribution in [3.8, 4) is 5.75 Å². The summed E-state index contributed by atoms with van der Waals surface area (Å²) in [5.74, 6) is -0.944. The Labute approximate surface area is 242 Å². The maximum absolute atomic E-state index is 13.9. The molecular weight excluding hydrogens is 530 g/mol. The van der Waals surface area contributed by atoms with Gasteiger partial charge in [-0.25, -0.2) is 13.6 Å². The van der Waals surface area contributed by atoms with E-state index >= 15 is 0 Å². The van der Waals surface area contributed by atoms with Crippen molar-refractivity contribution in [1.82, 2.24) is 20.4 Å². The van der Waals surface area contributed by atoms with Gasteiger partial charge in [-0.1, -0.05) is 26.0 Å². The van der Waals surface area contributed by atoms with Gasteiger partial charge in [-0.15, -0.1) is 0 Å². The summed E-state index contributed by atoms with van der Waals surface area (Å²) in [7, 11) is 1.59. The molecule has 3 amide bonds. The number of piperidine rings is 1. The Balaban J connectivity index is 1.68. The van der Waals surface area contributed by atoms with Crippen LogP contribution >= 0.6 is 0 Å². The lowest BCUT2D eigenvalue weighted by atomic mass is 9.96. The number of aliphatic hydroxyl groups is 1. The zero-order valence-electron chi connectivity index (χ0n) is 24.4. The minimum Gasteiger partial charge on any atom is -0.497 e. The number of hydrogen-bond acceptors (Lipinski definition) is 5. The number of likely N-dealkylation sites (tertiary alicyclic amines) is 1. The quantitative estimate of drug-likeness (QED) is 0.316. The van der Waals surface area contributed by atoms with Crippen molar-refractivity contribution in [2.24, 2.45) is 5.92 Å². The summed E-state index contributed by atoms with van der Waals surface area (Å²) in [4.78, 5) is 30.1. The highest BCUT2D eigenvalue weighted by molar-refractivity contribution is 5.81. The first-order valence-electron chi connectivity index (χ1n) is 14.5. The standard InChI is InChI=1S/C31H44F2N4O4/c1-4-11-36(12-5-2)30(39)24-9-7-13-37(21-24)31(40)35-28(17-23-14-25(32)18-26(33)15-23)29(38)20-34-19-22-8-6-10-27(16-22)41-3/h6,8,10,14-16,18,24,28-29,34,38H,4-5,7,9,11-13,17,19-21H2,1-3H3,(H,35,40)/t24?,28-,29+/m0/s1. The smallest absolute Gasteiger partial charge is 0.317 e. The molecule has 3 N–H and O–H groups in total. The SMILES string of the molecule is CCCN(CCC)C(=O)C1CCCN(C(=O)N[C@@H](Cc2cc(F)cc(F)c2)[C@H](O)CNCc2cccc(OC)c2)C1. The van der Waals surface area contributed by atoms with Crippen LogP contribution in [0.1, 0.15) is 50.7 Å². The Morgan fingerprint density at radius 2 is 1.80 bits per heavy atom. The molecule has 10 heteroatoms. The van der Waals surface area contributed by atoms with E-state index in [1.54, 1.807) is 12.0 Å². The lowest BCUT2D eigenvalue weighted by molar-refractivity contribution is -0.137. The maximum Gasteiger partial charge on any atom is 0.317 e. The second-order valence-corrected chi connectivity index (χ2v) is 10.7. The number of aliphatic hydroxyl groups excluding tert-OH is 1. The van der Waals surface area contributed by atoms with Crippen molar-refractivity contribution in [1.29, 1.82) is 0 Å². The van der Waals surface area contributed by atoms with Crippen LogP contribution in [-0.4, -0.2) is 78.8 Å². The van der Waals surface area contributed by atoms with Gasteiger partial charge in [0, 0.05) is 45.3 Å². The van der Waals surface area contributed by atoms with E-state index in [0.29, 0.717) is 50.5 Å². The van der Waals surface area contributed by atoms with Crippen molar-refractivity contribution in [3.05, 3.63) is 65.2 Å². The molecule has 226 valence electrons. The number of carbonyl (C=O) groups is 2. The fourth-order valence-electron chi connectivity index (χ4n) is 5.30. The number of benzene rings is 2. The molecule has 1 fully saturated rings. The van der Waals surface area contributed by atoms with Crippen molar-refractivity contribution in [2.45, 2.75) is 64.6 Å². The van der Waals surface area contributed by atoms with E-state index < -0.39 is 29.8 Å². The molecule has 1 unspecified atom stereocenters. The predicted octanol–water partition coefficient (Wildman–Crippen LogP) is 4.11. The fraction of sp³-hybridized carbons (Fsp3) is 0.548. The van der Waals surface area contributed by atoms with E-state index in [-0.39, 0.29) is 24.8 Å². The van der Waals surface area contributed by atoms with Gasteiger partial charge in [-0.3, -0.25) is 4.79 Å². The Kier molecular flexibility index (Phi) is 12.8. The number of rotatable bonds is 14. The van der Waals surface area contributed by atoms with Crippen LogP contribution in [0.4, 0.5) is 13.6 Å². The van der Waals surface area contributed by atoms with Crippen molar-refractivity contribution >= 4 is 11.9 Å². The zero-order chi connectivity index (χ0) is 29.8. The van der Waals surface area contributed by atoms with Crippen molar-refractivity contribution in [2.75, 3.05) is 39.8 Å². The van der Waals surface area contributed by atoms with Gasteiger partial charge in [-0.05, 0) is 67.5 Å². The van der Waals surface area contributed by atoms with Gasteiger partial charge in [-0.2, -0.15) is 0 Å². The molecule has 1 saturated heterocycles. The lowest BCUT2D eigenvalue weighted by Crippen LogP contribution is -2.55. The molecule has 2 aromatic carbocycles. The zero-order valence-corrected chi connectivity index (χ0v) is 24.4. The van der Waals surface area contributed by atoms with Crippen LogP contribution in [0.5, 0.6) is 5.75 Å². The third-order valence-corrected chi connectivity index (χ3v) is 7.32. The summed E-state index contributed by atoms with van der Waals surface area (Å²) < 4.78 is 33.1. The highest BCUT2D eigenvalue weighted by Gasteiger charge is 2.32. The summed E-state index contributed by atoms with van der Waals surface area (Å²) in [6.45, 7) is 6.82. The van der Waals surface area contributed by atoms with E-state index in [1.165, 1.54) is 12.1 Å². The molecule has 0 bridgehead atoms. The normalized spacial score (nSPS) is 16.6. The largest absolute Gasteiger partial charge is 0.497 e. The molecule has 0 radical (unpaired) electrons. The Morgan fingerprint density at radius 1 is 1.10 bits per heavy atom. The van der Waals surface area contributed by atoms with Crippen LogP contribution in [-0.2, 0) is 17.8 Å². The summed E-state index contributed by atoms with van der Waals surface area (Å²) in [6.07, 6.45) is 2.13. The number of urea groups is 1. The molecule has 41 heavy (non-hydrogen) atoms. The fourth-order valence-corrected chi connectivity index (χ4v) is 5.30. The van der Waals surface area contributed by atoms with E-state index in [9.17, 15) is 23.5 Å². The van der Waals surface area contributed by atoms with Gasteiger partial charge in [0.2, 0.25) is 5.91 Å². The van der Waals surface area contributed by atoms with Crippen molar-refractivity contribution < 1.29 is 28.2 Å². The topological polar surface area (TPSA) is 94.1 Å². The van der Waals surface area contributed by atoms with E-state index in [0.717, 1.165) is 30.9 Å². The van der Waals surface area contributed by atoms with E-state index in [1.807, 2.05) is 43.0 Å². The molecule has 0 saturated carbocycles. The number of amides is 3. The first-order valence-corrected chi connectivity index (χ1v) is 14.5. The van der Waals surface area contributed by atoms with Gasteiger partial charge in [0.05, 0.1) is 25.2 Å². The van der Waals surface area contributed by atoms with Crippen LogP contribution < -0.4 is 15.4 Å². The predicted molar refractivity (Wildman–Crippen MR) is 155 cm³/mol. The number of methoxy groups -OCH3 is 1. The lowest BCUT2D eigenvalue weighted by Gasteiger charge is -2.36. The average Bonchev–Trinajstić information content (AvgIpc) is 2.96. The van der Waals surface area contributed by atoms with Crippen molar-refractivity contribution in [3.63, 3.8) is 0 Å². The van der Waals surface area contributed by atoms with Gasteiger partial charge in [0.1, 0.15) is 17.4 Å². The molecule has 3 rings (SSSR count). The second-order valence-electron chi connectivity index (χ2n) is 10.7. The van der Waals surface area contributed by atoms with Crippen LogP contribution in [0.2, 0.25) is 0 Å². The van der Waals surface area contributed by atoms with Crippen LogP contribution in [0.25, 0.3) is 0 Å². The number of carbonyl (C=O) groups excluding carboxylic acids is 2. The van der Waals surface area contributed by atoms with Gasteiger partial charge in [0.15, 0.2) is 0 Å². The average molecular weight is 575 g/mol. The molecule has 0 spiro atoms. The highest BCUT2D eigenvalue weighted by Crippen LogP contribution is 2.20. The molecule has 1 heterocycles. The first kappa shape index (κ1) is 32.3. The molecule has 0 aromatic heterocycles. The number of nitrogens with zero attached hydrogens (tertiary/aromatic N) is 2. The highest BCUT2D eigenvalue weighted by atomic mass is 19.1. The monoisotopic (exact) mass is 574 g/mol. The molecule has 0 aliphatic carbocycles. The number of nitrogens with one attached hydrogen (secondary N) is 2. The van der Waals surface area contributed by atoms with Crippen LogP contribution in [0, 0.1) is 17.6 Å². The Bertz CT molecular complexity index is 1110. The number of hydrogen-bond donors (Lipinski definition) is 3. The molecule has 1 aliphatic rings. The Morgan fingerprint density at radius 3 is 2.46 bits per heavy atom. The number of halogens is 2. The number of ether oxygens (including phenoxy) is 1. The minimum atomic E-state index is -1.05. The second kappa shape index (κ2) is 16.3. The first-order chi connectivity index (χ1) is 19.7. The minimum absolute atomic E-state index is 0.0272. The third kappa shape index (κ3) is 9.97. The molecule has 8 nitrogen and oxygen atoms in total. The summed E-state index contributed by atoms with van der Waals surface area (Å²) in [5, 5.41) is 17.2. The van der Waals surface area contributed by atoms with Crippen LogP contribution in [0.15, 0.2) is 42.5 Å². The van der Waals surface area contributed by atoms with Gasteiger partial charge < -0.3 is 30.3 Å². The van der Waals surface area contributed by atoms with Gasteiger partial charge >= 0.3 is 6.03 Å². The summed E-state index contributed by atoms with van der Waals surface area (Å²) >= 11 is 0. The Hall–Kier alpha value is -3.24. The van der Waals surface area contributed by atoms with Crippen LogP contribution in [0.3, 0.4) is 0 Å². The van der Waals surface area contributed by atoms with E-state index in [4.69, 9.17) is 4.74 Å². The molecular formula is C31H44F2N4O4.